The van der Waals surface area contributed by atoms with Gasteiger partial charge < -0.3 is 19.5 Å². The normalized spacial score (nSPS) is 11.9. The average Bonchev–Trinajstić information content (AvgIpc) is 2.42. The van der Waals surface area contributed by atoms with E-state index in [0.717, 1.165) is 5.69 Å². The number of rotatable bonds is 7. The van der Waals surface area contributed by atoms with Gasteiger partial charge in [-0.25, -0.2) is 9.78 Å². The molecule has 1 heterocycles. The zero-order valence-electron chi connectivity index (χ0n) is 10.8. The molecule has 6 nitrogen and oxygen atoms in total. The lowest BCUT2D eigenvalue weighted by atomic mass is 10.3. The standard InChI is InChI=1S/C12H18N2O4/c1-16-8-10(17-2)7-14-9-4-5-13-11(6-9)12(15)18-3/h4-6,10H,7-8H2,1-3H3,(H,13,14). The number of hydrogen-bond donors (Lipinski definition) is 1. The third kappa shape index (κ3) is 4.31. The van der Waals surface area contributed by atoms with Crippen molar-refractivity contribution in [2.45, 2.75) is 6.10 Å². The largest absolute Gasteiger partial charge is 0.464 e. The van der Waals surface area contributed by atoms with Gasteiger partial charge in [0.15, 0.2) is 0 Å². The number of pyridine rings is 1. The fourth-order valence-corrected chi connectivity index (χ4v) is 1.38. The van der Waals surface area contributed by atoms with Crippen molar-refractivity contribution in [3.8, 4) is 0 Å². The van der Waals surface area contributed by atoms with Crippen molar-refractivity contribution < 1.29 is 19.0 Å². The third-order valence-corrected chi connectivity index (χ3v) is 2.37. The molecular formula is C12H18N2O4. The Bertz CT molecular complexity index is 384. The number of anilines is 1. The Labute approximate surface area is 106 Å². The number of hydrogen-bond acceptors (Lipinski definition) is 6. The van der Waals surface area contributed by atoms with Crippen LogP contribution in [0, 0.1) is 0 Å². The Hall–Kier alpha value is -1.66. The summed E-state index contributed by atoms with van der Waals surface area (Å²) in [6.45, 7) is 1.08. The molecule has 1 atom stereocenters. The molecule has 0 aliphatic rings. The van der Waals surface area contributed by atoms with Crippen LogP contribution in [0.3, 0.4) is 0 Å². The zero-order chi connectivity index (χ0) is 13.4. The first kappa shape index (κ1) is 14.4. The SMILES string of the molecule is COCC(CNc1ccnc(C(=O)OC)c1)OC. The number of nitrogens with one attached hydrogen (secondary N) is 1. The third-order valence-electron chi connectivity index (χ3n) is 2.37. The summed E-state index contributed by atoms with van der Waals surface area (Å²) in [4.78, 5) is 15.2. The summed E-state index contributed by atoms with van der Waals surface area (Å²) in [5, 5.41) is 3.15. The van der Waals surface area contributed by atoms with Crippen LogP contribution in [-0.4, -0.2) is 51.5 Å². The van der Waals surface area contributed by atoms with Gasteiger partial charge in [0.05, 0.1) is 19.8 Å². The van der Waals surface area contributed by atoms with Crippen molar-refractivity contribution in [3.63, 3.8) is 0 Å². The number of nitrogens with zero attached hydrogens (tertiary/aromatic N) is 1. The maximum Gasteiger partial charge on any atom is 0.356 e. The Kier molecular flexibility index (Phi) is 6.10. The first-order chi connectivity index (χ1) is 8.71. The van der Waals surface area contributed by atoms with E-state index in [0.29, 0.717) is 13.2 Å². The van der Waals surface area contributed by atoms with Gasteiger partial charge in [0.1, 0.15) is 5.69 Å². The molecule has 1 rings (SSSR count). The molecule has 0 aliphatic heterocycles. The van der Waals surface area contributed by atoms with Crippen LogP contribution < -0.4 is 5.32 Å². The van der Waals surface area contributed by atoms with Gasteiger partial charge in [-0.05, 0) is 12.1 Å². The lowest BCUT2D eigenvalue weighted by Gasteiger charge is -2.15. The topological polar surface area (TPSA) is 69.7 Å². The van der Waals surface area contributed by atoms with Crippen LogP contribution in [0.4, 0.5) is 5.69 Å². The molecule has 100 valence electrons. The highest BCUT2D eigenvalue weighted by atomic mass is 16.5. The zero-order valence-corrected chi connectivity index (χ0v) is 10.8. The van der Waals surface area contributed by atoms with Crippen molar-refractivity contribution in [3.05, 3.63) is 24.0 Å². The van der Waals surface area contributed by atoms with E-state index < -0.39 is 5.97 Å². The van der Waals surface area contributed by atoms with E-state index in [1.54, 1.807) is 32.5 Å². The molecule has 0 saturated heterocycles. The molecule has 0 fully saturated rings. The van der Waals surface area contributed by atoms with Crippen LogP contribution >= 0.6 is 0 Å². The van der Waals surface area contributed by atoms with Crippen molar-refractivity contribution in [1.82, 2.24) is 4.98 Å². The summed E-state index contributed by atoms with van der Waals surface area (Å²) in [7, 11) is 4.56. The van der Waals surface area contributed by atoms with Gasteiger partial charge in [0.2, 0.25) is 0 Å². The molecule has 0 bridgehead atoms. The van der Waals surface area contributed by atoms with Crippen LogP contribution in [0.1, 0.15) is 10.5 Å². The fourth-order valence-electron chi connectivity index (χ4n) is 1.38. The number of ether oxygens (including phenoxy) is 3. The van der Waals surface area contributed by atoms with E-state index in [9.17, 15) is 4.79 Å². The first-order valence-electron chi connectivity index (χ1n) is 5.51. The van der Waals surface area contributed by atoms with Crippen LogP contribution in [0.15, 0.2) is 18.3 Å². The molecule has 1 N–H and O–H groups in total. The molecule has 0 aromatic carbocycles. The monoisotopic (exact) mass is 254 g/mol. The minimum absolute atomic E-state index is 0.0512. The van der Waals surface area contributed by atoms with E-state index >= 15 is 0 Å². The maximum atomic E-state index is 11.3. The molecule has 0 radical (unpaired) electrons. The van der Waals surface area contributed by atoms with Crippen molar-refractivity contribution in [2.75, 3.05) is 39.8 Å². The predicted molar refractivity (Wildman–Crippen MR) is 66.7 cm³/mol. The van der Waals surface area contributed by atoms with E-state index in [-0.39, 0.29) is 11.8 Å². The summed E-state index contributed by atoms with van der Waals surface area (Å²) in [5.74, 6) is -0.459. The Balaban J connectivity index is 2.59. The summed E-state index contributed by atoms with van der Waals surface area (Å²) in [6, 6.07) is 3.40. The van der Waals surface area contributed by atoms with E-state index in [2.05, 4.69) is 15.0 Å². The second-order valence-corrected chi connectivity index (χ2v) is 3.62. The predicted octanol–water partition coefficient (Wildman–Crippen LogP) is 0.941. The maximum absolute atomic E-state index is 11.3. The van der Waals surface area contributed by atoms with Crippen molar-refractivity contribution >= 4 is 11.7 Å². The van der Waals surface area contributed by atoms with Crippen LogP contribution in [0.5, 0.6) is 0 Å². The van der Waals surface area contributed by atoms with E-state index in [1.807, 2.05) is 0 Å². The highest BCUT2D eigenvalue weighted by Crippen LogP contribution is 2.09. The second kappa shape index (κ2) is 7.62. The van der Waals surface area contributed by atoms with Crippen LogP contribution in [0.2, 0.25) is 0 Å². The summed E-state index contributed by atoms with van der Waals surface area (Å²) in [6.07, 6.45) is 1.50. The molecule has 18 heavy (non-hydrogen) atoms. The van der Waals surface area contributed by atoms with Crippen LogP contribution in [0.25, 0.3) is 0 Å². The Morgan fingerprint density at radius 3 is 2.83 bits per heavy atom. The number of aromatic nitrogens is 1. The van der Waals surface area contributed by atoms with Gasteiger partial charge in [-0.1, -0.05) is 0 Å². The molecule has 0 saturated carbocycles. The second-order valence-electron chi connectivity index (χ2n) is 3.62. The average molecular weight is 254 g/mol. The number of esters is 1. The minimum atomic E-state index is -0.459. The lowest BCUT2D eigenvalue weighted by Crippen LogP contribution is -2.26. The molecule has 1 aromatic rings. The van der Waals surface area contributed by atoms with Gasteiger partial charge in [-0.3, -0.25) is 0 Å². The Morgan fingerprint density at radius 2 is 2.22 bits per heavy atom. The first-order valence-corrected chi connectivity index (χ1v) is 5.51. The molecule has 1 aromatic heterocycles. The Morgan fingerprint density at radius 1 is 1.44 bits per heavy atom. The molecule has 6 heteroatoms. The van der Waals surface area contributed by atoms with Crippen LogP contribution in [-0.2, 0) is 14.2 Å². The highest BCUT2D eigenvalue weighted by molar-refractivity contribution is 5.88. The van der Waals surface area contributed by atoms with Gasteiger partial charge >= 0.3 is 5.97 Å². The molecule has 0 aliphatic carbocycles. The molecule has 0 amide bonds. The van der Waals surface area contributed by atoms with E-state index in [4.69, 9.17) is 9.47 Å². The van der Waals surface area contributed by atoms with Crippen molar-refractivity contribution in [2.24, 2.45) is 0 Å². The lowest BCUT2D eigenvalue weighted by molar-refractivity contribution is 0.0365. The van der Waals surface area contributed by atoms with Gasteiger partial charge in [-0.15, -0.1) is 0 Å². The molecule has 1 unspecified atom stereocenters. The molecular weight excluding hydrogens is 236 g/mol. The number of carbonyl (C=O) groups excluding carboxylic acids is 1. The van der Waals surface area contributed by atoms with Crippen molar-refractivity contribution in [1.29, 1.82) is 0 Å². The quantitative estimate of drug-likeness (QED) is 0.730. The summed E-state index contributed by atoms with van der Waals surface area (Å²) < 4.78 is 14.8. The number of methoxy groups -OCH3 is 3. The smallest absolute Gasteiger partial charge is 0.356 e. The summed E-state index contributed by atoms with van der Waals surface area (Å²) >= 11 is 0. The minimum Gasteiger partial charge on any atom is -0.464 e. The highest BCUT2D eigenvalue weighted by Gasteiger charge is 2.09. The van der Waals surface area contributed by atoms with Gasteiger partial charge in [0, 0.05) is 32.6 Å². The summed E-state index contributed by atoms with van der Waals surface area (Å²) in [5.41, 5.74) is 1.05. The number of carbonyl (C=O) groups is 1. The van der Waals surface area contributed by atoms with Gasteiger partial charge in [0.25, 0.3) is 0 Å². The van der Waals surface area contributed by atoms with E-state index in [1.165, 1.54) is 7.11 Å². The molecule has 0 spiro atoms. The fraction of sp³-hybridized carbons (Fsp3) is 0.500. The van der Waals surface area contributed by atoms with Gasteiger partial charge in [-0.2, -0.15) is 0 Å².